The van der Waals surface area contributed by atoms with Gasteiger partial charge in [-0.2, -0.15) is 0 Å². The fraction of sp³-hybridized carbons (Fsp3) is 0.471. The Morgan fingerprint density at radius 2 is 0.738 bits per heavy atom. The molecule has 4 aliphatic heterocycles. The number of fused-ring (bicyclic) bond motifs is 10. The van der Waals surface area contributed by atoms with Crippen LogP contribution in [-0.4, -0.2) is 50.9 Å². The maximum Gasteiger partial charge on any atom is 0.244 e. The fourth-order valence-corrected chi connectivity index (χ4v) is 17.9. The van der Waals surface area contributed by atoms with E-state index < -0.39 is 0 Å². The van der Waals surface area contributed by atoms with Gasteiger partial charge in [-0.1, -0.05) is 62.4 Å². The van der Waals surface area contributed by atoms with Crippen molar-refractivity contribution in [2.75, 3.05) is 0 Å². The van der Waals surface area contributed by atoms with Crippen molar-refractivity contribution in [3.05, 3.63) is 202 Å². The molecule has 10 atom stereocenters. The van der Waals surface area contributed by atoms with E-state index in [4.69, 9.17) is 0 Å². The molecule has 12 nitrogen and oxygen atoms in total. The summed E-state index contributed by atoms with van der Waals surface area (Å²) in [5, 5.41) is 47.3. The molecule has 8 heterocycles. The highest BCUT2D eigenvalue weighted by Gasteiger charge is 2.56. The van der Waals surface area contributed by atoms with E-state index in [2.05, 4.69) is 186 Å². The lowest BCUT2D eigenvalue weighted by Crippen LogP contribution is -3.00. The number of phenols is 2. The average molecular weight is 1390 g/mol. The molecule has 0 radical (unpaired) electrons. The molecule has 0 saturated heterocycles. The number of aliphatic hydroxyl groups excluding tert-OH is 2. The lowest BCUT2D eigenvalue weighted by atomic mass is 9.55. The molecule has 0 amide bonds. The van der Waals surface area contributed by atoms with Gasteiger partial charge < -0.3 is 88.4 Å². The summed E-state index contributed by atoms with van der Waals surface area (Å²) >= 11 is 0. The lowest BCUT2D eigenvalue weighted by molar-refractivity contribution is -0.688. The molecule has 4 N–H and O–H groups in total. The van der Waals surface area contributed by atoms with Gasteiger partial charge in [-0.15, -0.1) is 0 Å². The van der Waals surface area contributed by atoms with Crippen LogP contribution in [0.5, 0.6) is 11.5 Å². The quantitative estimate of drug-likeness (QED) is 0.119. The van der Waals surface area contributed by atoms with Gasteiger partial charge in [0.25, 0.3) is 0 Å². The molecule has 16 heteroatoms. The second-order valence-electron chi connectivity index (χ2n) is 26.6. The van der Waals surface area contributed by atoms with Crippen LogP contribution in [0.2, 0.25) is 0 Å². The number of halogens is 4. The fourth-order valence-electron chi connectivity index (χ4n) is 17.9. The second kappa shape index (κ2) is 24.0. The molecule has 84 heavy (non-hydrogen) atoms. The van der Waals surface area contributed by atoms with E-state index >= 15 is 0 Å². The Morgan fingerprint density at radius 1 is 0.417 bits per heavy atom. The SMILES string of the molecule is C[C@]12CC[C@@H]3c4cc5c(O)c(c4CC[C@H]3[C@@H]1CC[C@@H]2O)Cn1cc[n+](c1)Cc1ccc(cc1)C[n+]1ccn(c1)Cc1c(O)c(cc2c1CC[C@@H]1[C@@H]2CC[C@]2(C)[C@@H](O)CC[C@@H]12)Cn1cc[n+](c1)Cc1ccc(cc1)C[n+]1ccn(c1)C5.[Br-].[Br-].[Br-].[Br-]. The van der Waals surface area contributed by atoms with Gasteiger partial charge in [-0.25, -0.2) is 36.5 Å². The highest BCUT2D eigenvalue weighted by molar-refractivity contribution is 5.54. The number of hydrogen-bond acceptors (Lipinski definition) is 4. The predicted octanol–water partition coefficient (Wildman–Crippen LogP) is -3.40. The van der Waals surface area contributed by atoms with Crippen LogP contribution in [0.3, 0.4) is 0 Å². The van der Waals surface area contributed by atoms with Gasteiger partial charge in [0, 0.05) is 22.3 Å². The number of aromatic nitrogens is 8. The lowest BCUT2D eigenvalue weighted by Gasteiger charge is -2.50. The zero-order valence-electron chi connectivity index (χ0n) is 48.3. The molecule has 16 bridgehead atoms. The van der Waals surface area contributed by atoms with E-state index in [1.54, 1.807) is 0 Å². The third-order valence-corrected chi connectivity index (χ3v) is 22.2. The number of imidazole rings is 4. The largest absolute Gasteiger partial charge is 1.00 e. The minimum Gasteiger partial charge on any atom is -1.00 e. The van der Waals surface area contributed by atoms with Gasteiger partial charge in [0.15, 0.2) is 0 Å². The highest BCUT2D eigenvalue weighted by Crippen LogP contribution is 2.63. The third-order valence-electron chi connectivity index (χ3n) is 22.2. The molecule has 6 aliphatic carbocycles. The molecule has 0 spiro atoms. The molecule has 444 valence electrons. The summed E-state index contributed by atoms with van der Waals surface area (Å²) in [5.74, 6) is 3.93. The van der Waals surface area contributed by atoms with Crippen LogP contribution in [0, 0.1) is 34.5 Å². The molecule has 8 aromatic rings. The smallest absolute Gasteiger partial charge is 0.244 e. The minimum atomic E-state index is -0.202. The first-order chi connectivity index (χ1) is 38.9. The third kappa shape index (κ3) is 10.8. The van der Waals surface area contributed by atoms with E-state index in [-0.39, 0.29) is 91.0 Å². The van der Waals surface area contributed by atoms with E-state index in [0.717, 1.165) is 125 Å². The van der Waals surface area contributed by atoms with Crippen LogP contribution in [-0.2, 0) is 65.2 Å². The molecule has 10 aliphatic rings. The van der Waals surface area contributed by atoms with Crippen LogP contribution < -0.4 is 86.2 Å². The van der Waals surface area contributed by atoms with Gasteiger partial charge >= 0.3 is 0 Å². The monoisotopic (exact) mass is 1390 g/mol. The predicted molar refractivity (Wildman–Crippen MR) is 302 cm³/mol. The molecule has 4 aromatic carbocycles. The standard InChI is InChI=1S/C68H78N8O4.4BrH/c1-67-21-19-53-55(61(67)15-17-63(67)77)13-11-51-57(53)31-49-37-73-27-23-69(41-73)33-45-3-5-46(6-4-45)34-70-24-28-74(42-70)38-50-32-58-52(12-14-56-54(58)20-22-68(2)62(56)16-18-64(68)78)60(66(50)80)40-76-30-26-72(44-76)36-48-9-7-47(8-10-48)35-71-25-29-75(43-71)39-59(51)65(49)79;;;;/h3-10,23-32,41-44,53-56,61-64,77-78H,11-22,33-40H2,1-2H3;4*1H/q+2;;;;/p-2/t53-,54-,55+,56+,61-,62-,63-,64-,67-,68-;;;;/m0..../s1. The first kappa shape index (κ1) is 60.8. The zero-order chi connectivity index (χ0) is 54.0. The number of hydrogen-bond donors (Lipinski definition) is 4. The molecule has 4 saturated carbocycles. The van der Waals surface area contributed by atoms with Crippen LogP contribution in [0.25, 0.3) is 0 Å². The average Bonchev–Trinajstić information content (AvgIpc) is 2.91. The van der Waals surface area contributed by atoms with Crippen molar-refractivity contribution < 1.29 is 107 Å². The Labute approximate surface area is 536 Å². The Balaban J connectivity index is 0.00000184. The Kier molecular flexibility index (Phi) is 17.4. The van der Waals surface area contributed by atoms with Crippen molar-refractivity contribution in [1.82, 2.24) is 18.3 Å². The Morgan fingerprint density at radius 3 is 1.07 bits per heavy atom. The molecule has 4 aromatic heterocycles. The summed E-state index contributed by atoms with van der Waals surface area (Å²) in [7, 11) is 0. The summed E-state index contributed by atoms with van der Waals surface area (Å²) < 4.78 is 17.9. The van der Waals surface area contributed by atoms with Crippen LogP contribution in [0.1, 0.15) is 157 Å². The van der Waals surface area contributed by atoms with Crippen molar-refractivity contribution in [2.24, 2.45) is 34.5 Å². The molecular weight excluding hydrogens is 1310 g/mol. The first-order valence-electron chi connectivity index (χ1n) is 30.3. The first-order valence-corrected chi connectivity index (χ1v) is 30.3. The number of rotatable bonds is 0. The van der Waals surface area contributed by atoms with Crippen LogP contribution in [0.15, 0.2) is 136 Å². The highest BCUT2D eigenvalue weighted by atomic mass is 79.9. The maximum atomic E-state index is 12.4. The van der Waals surface area contributed by atoms with E-state index in [1.807, 2.05) is 0 Å². The molecular formula is C68H80Br4N8O4. The summed E-state index contributed by atoms with van der Waals surface area (Å²) in [4.78, 5) is 0. The van der Waals surface area contributed by atoms with Gasteiger partial charge in [-0.05, 0) is 180 Å². The summed E-state index contributed by atoms with van der Waals surface area (Å²) in [5.41, 5.74) is 14.6. The number of benzene rings is 4. The summed E-state index contributed by atoms with van der Waals surface area (Å²) in [6, 6.07) is 22.7. The normalized spacial score (nSPS) is 27.6. The van der Waals surface area contributed by atoms with E-state index in [0.29, 0.717) is 73.2 Å². The van der Waals surface area contributed by atoms with Crippen molar-refractivity contribution in [3.8, 4) is 11.5 Å². The van der Waals surface area contributed by atoms with E-state index in [1.165, 1.54) is 44.5 Å². The summed E-state index contributed by atoms with van der Waals surface area (Å²) in [6.07, 6.45) is 38.0. The second-order valence-corrected chi connectivity index (χ2v) is 26.6. The van der Waals surface area contributed by atoms with Gasteiger partial charge in [0.1, 0.15) is 113 Å². The van der Waals surface area contributed by atoms with Gasteiger partial charge in [-0.3, -0.25) is 0 Å². The topological polar surface area (TPSA) is 116 Å². The van der Waals surface area contributed by atoms with Gasteiger partial charge in [0.05, 0.1) is 12.2 Å². The Bertz CT molecular complexity index is 3430. The minimum absolute atomic E-state index is 0. The van der Waals surface area contributed by atoms with Crippen molar-refractivity contribution in [2.45, 2.75) is 167 Å². The molecule has 0 unspecified atom stereocenters. The van der Waals surface area contributed by atoms with Gasteiger partial charge in [0.2, 0.25) is 25.3 Å². The number of phenolic OH excluding ortho intramolecular Hbond substituents is 2. The van der Waals surface area contributed by atoms with E-state index in [9.17, 15) is 20.4 Å². The maximum absolute atomic E-state index is 12.4. The van der Waals surface area contributed by atoms with Crippen molar-refractivity contribution in [3.63, 3.8) is 0 Å². The van der Waals surface area contributed by atoms with Crippen LogP contribution in [0.4, 0.5) is 0 Å². The number of aliphatic hydroxyl groups is 2. The molecule has 18 rings (SSSR count). The summed E-state index contributed by atoms with van der Waals surface area (Å²) in [6.45, 7) is 10.1. The van der Waals surface area contributed by atoms with Crippen molar-refractivity contribution in [1.29, 1.82) is 0 Å². The van der Waals surface area contributed by atoms with Crippen LogP contribution >= 0.6 is 0 Å². The zero-order valence-corrected chi connectivity index (χ0v) is 54.7. The van der Waals surface area contributed by atoms with Crippen molar-refractivity contribution >= 4 is 0 Å². The molecule has 4 fully saturated rings. The number of nitrogens with zero attached hydrogens (tertiary/aromatic N) is 8. The Hall–Kier alpha value is -4.84. The number of aromatic hydroxyl groups is 2.